The van der Waals surface area contributed by atoms with Gasteiger partial charge in [0.2, 0.25) is 5.91 Å². The van der Waals surface area contributed by atoms with Crippen molar-refractivity contribution >= 4 is 35.6 Å². The van der Waals surface area contributed by atoms with E-state index in [0.717, 1.165) is 25.3 Å². The number of carbonyl (C=O) groups excluding carboxylic acids is 1. The number of halogens is 2. The van der Waals surface area contributed by atoms with Gasteiger partial charge in [0.25, 0.3) is 0 Å². The van der Waals surface area contributed by atoms with E-state index in [4.69, 9.17) is 11.6 Å². The molecule has 2 aliphatic rings. The van der Waals surface area contributed by atoms with Crippen LogP contribution in [0.5, 0.6) is 0 Å². The molecule has 0 bridgehead atoms. The summed E-state index contributed by atoms with van der Waals surface area (Å²) in [6.45, 7) is 3.29. The monoisotopic (exact) mass is 287 g/mol. The lowest BCUT2D eigenvalue weighted by atomic mass is 10.2. The van der Waals surface area contributed by atoms with Crippen molar-refractivity contribution < 1.29 is 4.79 Å². The van der Waals surface area contributed by atoms with Crippen molar-refractivity contribution in [2.75, 3.05) is 31.2 Å². The molecule has 1 N–H and O–H groups in total. The first-order valence-electron chi connectivity index (χ1n) is 5.77. The van der Waals surface area contributed by atoms with Crippen molar-refractivity contribution in [2.45, 2.75) is 6.04 Å². The lowest BCUT2D eigenvalue weighted by molar-refractivity contribution is -0.119. The minimum Gasteiger partial charge on any atom is -0.313 e. The summed E-state index contributed by atoms with van der Waals surface area (Å²) in [5.41, 5.74) is 0.886. The zero-order valence-corrected chi connectivity index (χ0v) is 11.4. The molecule has 0 radical (unpaired) electrons. The fraction of sp³-hybridized carbons (Fsp3) is 0.417. The summed E-state index contributed by atoms with van der Waals surface area (Å²) < 4.78 is 0. The van der Waals surface area contributed by atoms with Crippen LogP contribution < -0.4 is 10.2 Å². The summed E-state index contributed by atoms with van der Waals surface area (Å²) in [6, 6.07) is 7.45. The zero-order valence-electron chi connectivity index (χ0n) is 9.80. The smallest absolute Gasteiger partial charge is 0.246 e. The number of hydrogen-bond acceptors (Lipinski definition) is 3. The SMILES string of the molecule is Cl.O=C1C2CNCCN2CN1c1cccc(Cl)c1. The third kappa shape index (κ3) is 2.34. The predicted molar refractivity (Wildman–Crippen MR) is 74.4 cm³/mol. The number of benzene rings is 1. The van der Waals surface area contributed by atoms with Gasteiger partial charge in [0, 0.05) is 30.3 Å². The summed E-state index contributed by atoms with van der Waals surface area (Å²) in [5.74, 6) is 0.166. The standard InChI is InChI=1S/C12H14ClN3O.ClH/c13-9-2-1-3-10(6-9)16-8-15-5-4-14-7-11(15)12(16)17;/h1-3,6,11,14H,4-5,7-8H2;1H. The average Bonchev–Trinajstić information content (AvgIpc) is 2.68. The molecule has 4 nitrogen and oxygen atoms in total. The van der Waals surface area contributed by atoms with E-state index < -0.39 is 0 Å². The maximum Gasteiger partial charge on any atom is 0.246 e. The fourth-order valence-corrected chi connectivity index (χ4v) is 2.63. The van der Waals surface area contributed by atoms with Crippen LogP contribution in [0.3, 0.4) is 0 Å². The Morgan fingerprint density at radius 1 is 1.39 bits per heavy atom. The van der Waals surface area contributed by atoms with E-state index in [1.54, 1.807) is 0 Å². The van der Waals surface area contributed by atoms with Gasteiger partial charge in [0.05, 0.1) is 6.67 Å². The molecule has 1 amide bonds. The molecule has 3 rings (SSSR count). The first-order chi connectivity index (χ1) is 8.25. The molecule has 0 aliphatic carbocycles. The van der Waals surface area contributed by atoms with Crippen molar-refractivity contribution in [3.05, 3.63) is 29.3 Å². The Balaban J connectivity index is 0.00000120. The summed E-state index contributed by atoms with van der Waals surface area (Å²) >= 11 is 5.96. The van der Waals surface area contributed by atoms with Gasteiger partial charge < -0.3 is 5.32 Å². The number of nitrogens with one attached hydrogen (secondary N) is 1. The zero-order chi connectivity index (χ0) is 11.8. The Kier molecular flexibility index (Phi) is 4.12. The topological polar surface area (TPSA) is 35.6 Å². The van der Waals surface area contributed by atoms with Gasteiger partial charge in [0.15, 0.2) is 0 Å². The molecule has 2 saturated heterocycles. The number of carbonyl (C=O) groups is 1. The van der Waals surface area contributed by atoms with Crippen LogP contribution in [0.25, 0.3) is 0 Å². The highest BCUT2D eigenvalue weighted by molar-refractivity contribution is 6.30. The van der Waals surface area contributed by atoms with E-state index in [1.807, 2.05) is 29.2 Å². The van der Waals surface area contributed by atoms with Gasteiger partial charge in [-0.05, 0) is 18.2 Å². The molecule has 6 heteroatoms. The molecule has 98 valence electrons. The van der Waals surface area contributed by atoms with Crippen molar-refractivity contribution in [1.29, 1.82) is 0 Å². The molecule has 0 aromatic heterocycles. The lowest BCUT2D eigenvalue weighted by Crippen LogP contribution is -2.50. The van der Waals surface area contributed by atoms with E-state index in [2.05, 4.69) is 10.2 Å². The molecule has 2 fully saturated rings. The molecule has 18 heavy (non-hydrogen) atoms. The molecule has 2 heterocycles. The molecule has 1 atom stereocenters. The molecule has 0 spiro atoms. The van der Waals surface area contributed by atoms with Crippen LogP contribution in [-0.2, 0) is 4.79 Å². The Bertz CT molecular complexity index is 455. The normalized spacial score (nSPS) is 23.7. The first kappa shape index (κ1) is 13.6. The largest absolute Gasteiger partial charge is 0.313 e. The Morgan fingerprint density at radius 2 is 2.22 bits per heavy atom. The molecule has 1 unspecified atom stereocenters. The predicted octanol–water partition coefficient (Wildman–Crippen LogP) is 1.34. The second kappa shape index (κ2) is 5.45. The lowest BCUT2D eigenvalue weighted by Gasteiger charge is -2.26. The fourth-order valence-electron chi connectivity index (χ4n) is 2.44. The van der Waals surface area contributed by atoms with E-state index in [-0.39, 0.29) is 24.4 Å². The van der Waals surface area contributed by atoms with Gasteiger partial charge in [-0.3, -0.25) is 14.6 Å². The van der Waals surface area contributed by atoms with Gasteiger partial charge in [-0.2, -0.15) is 0 Å². The average molecular weight is 288 g/mol. The van der Waals surface area contributed by atoms with Gasteiger partial charge in [-0.25, -0.2) is 0 Å². The van der Waals surface area contributed by atoms with Crippen LogP contribution in [-0.4, -0.2) is 43.2 Å². The Hall–Kier alpha value is -0.810. The van der Waals surface area contributed by atoms with Crippen LogP contribution in [0.4, 0.5) is 5.69 Å². The highest BCUT2D eigenvalue weighted by atomic mass is 35.5. The van der Waals surface area contributed by atoms with Gasteiger partial charge >= 0.3 is 0 Å². The van der Waals surface area contributed by atoms with Crippen molar-refractivity contribution in [3.63, 3.8) is 0 Å². The number of rotatable bonds is 1. The Morgan fingerprint density at radius 3 is 2.94 bits per heavy atom. The second-order valence-electron chi connectivity index (χ2n) is 4.42. The molecule has 1 aromatic carbocycles. The number of fused-ring (bicyclic) bond motifs is 1. The summed E-state index contributed by atoms with van der Waals surface area (Å²) in [4.78, 5) is 16.3. The van der Waals surface area contributed by atoms with Crippen LogP contribution in [0.1, 0.15) is 0 Å². The van der Waals surface area contributed by atoms with Gasteiger partial charge in [0.1, 0.15) is 6.04 Å². The molecule has 2 aliphatic heterocycles. The molecule has 0 saturated carbocycles. The van der Waals surface area contributed by atoms with Gasteiger partial charge in [-0.1, -0.05) is 17.7 Å². The number of hydrogen-bond donors (Lipinski definition) is 1. The maximum atomic E-state index is 12.3. The second-order valence-corrected chi connectivity index (χ2v) is 4.86. The van der Waals surface area contributed by atoms with Crippen LogP contribution in [0.2, 0.25) is 5.02 Å². The maximum absolute atomic E-state index is 12.3. The van der Waals surface area contributed by atoms with Crippen molar-refractivity contribution in [3.8, 4) is 0 Å². The quantitative estimate of drug-likeness (QED) is 0.847. The van der Waals surface area contributed by atoms with Crippen molar-refractivity contribution in [1.82, 2.24) is 10.2 Å². The van der Waals surface area contributed by atoms with Crippen LogP contribution >= 0.6 is 24.0 Å². The van der Waals surface area contributed by atoms with E-state index in [1.165, 1.54) is 0 Å². The van der Waals surface area contributed by atoms with E-state index in [0.29, 0.717) is 11.7 Å². The number of anilines is 1. The van der Waals surface area contributed by atoms with Crippen molar-refractivity contribution in [2.24, 2.45) is 0 Å². The number of nitrogens with zero attached hydrogens (tertiary/aromatic N) is 2. The highest BCUT2D eigenvalue weighted by Crippen LogP contribution is 2.25. The van der Waals surface area contributed by atoms with Gasteiger partial charge in [-0.15, -0.1) is 12.4 Å². The highest BCUT2D eigenvalue weighted by Gasteiger charge is 2.40. The summed E-state index contributed by atoms with van der Waals surface area (Å²) in [7, 11) is 0. The minimum absolute atomic E-state index is 0. The number of amides is 1. The number of piperazine rings is 1. The molecule has 1 aromatic rings. The van der Waals surface area contributed by atoms with Crippen LogP contribution in [0, 0.1) is 0 Å². The molecular formula is C12H15Cl2N3O. The minimum atomic E-state index is -0.0114. The third-order valence-corrected chi connectivity index (χ3v) is 3.58. The summed E-state index contributed by atoms with van der Waals surface area (Å²) in [5, 5.41) is 3.92. The van der Waals surface area contributed by atoms with Crippen LogP contribution in [0.15, 0.2) is 24.3 Å². The third-order valence-electron chi connectivity index (χ3n) is 3.35. The van der Waals surface area contributed by atoms with E-state index >= 15 is 0 Å². The molecular weight excluding hydrogens is 273 g/mol. The van der Waals surface area contributed by atoms with E-state index in [9.17, 15) is 4.79 Å². The first-order valence-corrected chi connectivity index (χ1v) is 6.15. The summed E-state index contributed by atoms with van der Waals surface area (Å²) in [6.07, 6.45) is 0. The Labute approximate surface area is 117 Å².